The first-order valence-electron chi connectivity index (χ1n) is 4.76. The summed E-state index contributed by atoms with van der Waals surface area (Å²) in [6, 6.07) is 8.13. The number of nitrogens with zero attached hydrogens (tertiary/aromatic N) is 2. The number of aliphatic hydroxyl groups excluding tert-OH is 1. The van der Waals surface area contributed by atoms with Gasteiger partial charge in [-0.3, -0.25) is 0 Å². The number of hydrogen-bond donors (Lipinski definition) is 1. The van der Waals surface area contributed by atoms with Gasteiger partial charge in [-0.05, 0) is 30.2 Å². The van der Waals surface area contributed by atoms with Crippen LogP contribution in [0.1, 0.15) is 5.56 Å². The van der Waals surface area contributed by atoms with E-state index in [1.165, 1.54) is 5.56 Å². The normalized spacial score (nSPS) is 10.9. The van der Waals surface area contributed by atoms with Crippen molar-refractivity contribution in [3.63, 3.8) is 0 Å². The summed E-state index contributed by atoms with van der Waals surface area (Å²) in [4.78, 5) is 3.99. The lowest BCUT2D eigenvalue weighted by Gasteiger charge is -2.02. The van der Waals surface area contributed by atoms with Crippen LogP contribution < -0.4 is 0 Å². The molecular formula is C12H12N2O. The number of hydrogen-bond acceptors (Lipinski definition) is 2. The minimum atomic E-state index is 0.751. The maximum atomic E-state index is 8.54. The van der Waals surface area contributed by atoms with Crippen molar-refractivity contribution in [2.75, 3.05) is 0 Å². The molecule has 0 radical (unpaired) electrons. The number of rotatable bonds is 3. The average molecular weight is 200 g/mol. The van der Waals surface area contributed by atoms with E-state index in [1.807, 2.05) is 35.0 Å². The average Bonchev–Trinajstić information content (AvgIpc) is 2.80. The van der Waals surface area contributed by atoms with Gasteiger partial charge in [0.2, 0.25) is 0 Å². The van der Waals surface area contributed by atoms with Gasteiger partial charge in [0.15, 0.2) is 0 Å². The summed E-state index contributed by atoms with van der Waals surface area (Å²) in [5.41, 5.74) is 2.26. The third-order valence-corrected chi connectivity index (χ3v) is 2.20. The van der Waals surface area contributed by atoms with Crippen LogP contribution in [0.25, 0.3) is 5.69 Å². The van der Waals surface area contributed by atoms with Crippen LogP contribution in [0.5, 0.6) is 0 Å². The minimum absolute atomic E-state index is 0.751. The zero-order valence-electron chi connectivity index (χ0n) is 8.24. The minimum Gasteiger partial charge on any atom is -0.516 e. The number of allylic oxidation sites excluding steroid dienone is 1. The van der Waals surface area contributed by atoms with E-state index in [-0.39, 0.29) is 0 Å². The smallest absolute Gasteiger partial charge is 0.0991 e. The molecule has 3 heteroatoms. The molecule has 1 heterocycles. The molecule has 0 aliphatic carbocycles. The van der Waals surface area contributed by atoms with Gasteiger partial charge >= 0.3 is 0 Å². The van der Waals surface area contributed by atoms with Crippen LogP contribution in [-0.4, -0.2) is 14.7 Å². The molecular weight excluding hydrogens is 188 g/mol. The Morgan fingerprint density at radius 1 is 1.27 bits per heavy atom. The highest BCUT2D eigenvalue weighted by molar-refractivity contribution is 5.35. The molecule has 1 aromatic heterocycles. The van der Waals surface area contributed by atoms with Gasteiger partial charge < -0.3 is 9.67 Å². The van der Waals surface area contributed by atoms with Crippen molar-refractivity contribution in [3.8, 4) is 5.69 Å². The maximum Gasteiger partial charge on any atom is 0.0991 e. The SMILES string of the molecule is OC=CCc1ccc(-n2ccnc2)cc1. The van der Waals surface area contributed by atoms with Gasteiger partial charge in [0.05, 0.1) is 12.6 Å². The van der Waals surface area contributed by atoms with E-state index in [0.717, 1.165) is 18.4 Å². The highest BCUT2D eigenvalue weighted by atomic mass is 16.2. The zero-order chi connectivity index (χ0) is 10.5. The molecule has 2 rings (SSSR count). The molecule has 0 atom stereocenters. The summed E-state index contributed by atoms with van der Waals surface area (Å²) >= 11 is 0. The molecule has 15 heavy (non-hydrogen) atoms. The molecule has 0 fully saturated rings. The predicted octanol–water partition coefficient (Wildman–Crippen LogP) is 2.49. The van der Waals surface area contributed by atoms with Crippen LogP contribution in [0.3, 0.4) is 0 Å². The Kier molecular flexibility index (Phi) is 2.83. The largest absolute Gasteiger partial charge is 0.516 e. The third-order valence-electron chi connectivity index (χ3n) is 2.20. The fourth-order valence-electron chi connectivity index (χ4n) is 1.40. The summed E-state index contributed by atoms with van der Waals surface area (Å²) in [6.45, 7) is 0. The van der Waals surface area contributed by atoms with E-state index in [2.05, 4.69) is 4.98 Å². The van der Waals surface area contributed by atoms with Gasteiger partial charge in [-0.1, -0.05) is 12.1 Å². The second-order valence-corrected chi connectivity index (χ2v) is 3.23. The molecule has 0 amide bonds. The molecule has 0 aliphatic heterocycles. The first-order chi connectivity index (χ1) is 7.40. The number of benzene rings is 1. The summed E-state index contributed by atoms with van der Waals surface area (Å²) in [6.07, 6.45) is 8.96. The Bertz CT molecular complexity index is 429. The zero-order valence-corrected chi connectivity index (χ0v) is 8.24. The Morgan fingerprint density at radius 2 is 2.07 bits per heavy atom. The van der Waals surface area contributed by atoms with E-state index in [9.17, 15) is 0 Å². The van der Waals surface area contributed by atoms with Crippen molar-refractivity contribution in [1.29, 1.82) is 0 Å². The van der Waals surface area contributed by atoms with E-state index in [4.69, 9.17) is 5.11 Å². The summed E-state index contributed by atoms with van der Waals surface area (Å²) in [7, 11) is 0. The third kappa shape index (κ3) is 2.26. The van der Waals surface area contributed by atoms with Gasteiger partial charge in [0.25, 0.3) is 0 Å². The van der Waals surface area contributed by atoms with Gasteiger partial charge in [-0.15, -0.1) is 0 Å². The second-order valence-electron chi connectivity index (χ2n) is 3.23. The molecule has 2 aromatic rings. The molecule has 0 spiro atoms. The topological polar surface area (TPSA) is 38.0 Å². The quantitative estimate of drug-likeness (QED) is 0.773. The van der Waals surface area contributed by atoms with E-state index in [0.29, 0.717) is 0 Å². The number of imidazole rings is 1. The van der Waals surface area contributed by atoms with Crippen LogP contribution in [0, 0.1) is 0 Å². The first-order valence-corrected chi connectivity index (χ1v) is 4.76. The molecule has 0 saturated heterocycles. The van der Waals surface area contributed by atoms with Gasteiger partial charge in [-0.2, -0.15) is 0 Å². The molecule has 0 bridgehead atoms. The highest BCUT2D eigenvalue weighted by Gasteiger charge is 1.94. The second kappa shape index (κ2) is 4.46. The molecule has 0 aliphatic rings. The predicted molar refractivity (Wildman–Crippen MR) is 59.0 cm³/mol. The Balaban J connectivity index is 2.17. The lowest BCUT2D eigenvalue weighted by molar-refractivity contribution is 0.471. The van der Waals surface area contributed by atoms with Gasteiger partial charge in [-0.25, -0.2) is 4.98 Å². The van der Waals surface area contributed by atoms with Crippen LogP contribution in [-0.2, 0) is 6.42 Å². The molecule has 0 unspecified atom stereocenters. The van der Waals surface area contributed by atoms with Crippen molar-refractivity contribution in [1.82, 2.24) is 9.55 Å². The van der Waals surface area contributed by atoms with E-state index >= 15 is 0 Å². The van der Waals surface area contributed by atoms with Crippen LogP contribution in [0.15, 0.2) is 55.3 Å². The van der Waals surface area contributed by atoms with Crippen molar-refractivity contribution in [2.24, 2.45) is 0 Å². The Labute approximate surface area is 88.3 Å². The van der Waals surface area contributed by atoms with Crippen molar-refractivity contribution < 1.29 is 5.11 Å². The number of aromatic nitrogens is 2. The van der Waals surface area contributed by atoms with Gasteiger partial charge in [0, 0.05) is 18.1 Å². The fourth-order valence-corrected chi connectivity index (χ4v) is 1.40. The lowest BCUT2D eigenvalue weighted by Crippen LogP contribution is -1.90. The van der Waals surface area contributed by atoms with Crippen LogP contribution >= 0.6 is 0 Å². The molecule has 0 saturated carbocycles. The van der Waals surface area contributed by atoms with Crippen LogP contribution in [0.2, 0.25) is 0 Å². The van der Waals surface area contributed by atoms with E-state index < -0.39 is 0 Å². The molecule has 76 valence electrons. The Morgan fingerprint density at radius 3 is 2.67 bits per heavy atom. The van der Waals surface area contributed by atoms with Crippen LogP contribution in [0.4, 0.5) is 0 Å². The fraction of sp³-hybridized carbons (Fsp3) is 0.0833. The highest BCUT2D eigenvalue weighted by Crippen LogP contribution is 2.09. The lowest BCUT2D eigenvalue weighted by atomic mass is 10.1. The van der Waals surface area contributed by atoms with E-state index in [1.54, 1.807) is 18.6 Å². The van der Waals surface area contributed by atoms with Crippen molar-refractivity contribution in [3.05, 3.63) is 60.9 Å². The monoisotopic (exact) mass is 200 g/mol. The molecule has 1 N–H and O–H groups in total. The summed E-state index contributed by atoms with van der Waals surface area (Å²) in [5.74, 6) is 0. The summed E-state index contributed by atoms with van der Waals surface area (Å²) in [5, 5.41) is 8.54. The first kappa shape index (κ1) is 9.52. The standard InChI is InChI=1S/C12H12N2O/c15-9-1-2-11-3-5-12(6-4-11)14-8-7-13-10-14/h1,3-10,15H,2H2. The summed E-state index contributed by atoms with van der Waals surface area (Å²) < 4.78 is 1.95. The van der Waals surface area contributed by atoms with Crippen molar-refractivity contribution in [2.45, 2.75) is 6.42 Å². The van der Waals surface area contributed by atoms with Crippen molar-refractivity contribution >= 4 is 0 Å². The Hall–Kier alpha value is -2.03. The molecule has 1 aromatic carbocycles. The van der Waals surface area contributed by atoms with Gasteiger partial charge in [0.1, 0.15) is 0 Å². The maximum absolute atomic E-state index is 8.54. The molecule has 3 nitrogen and oxygen atoms in total. The number of aliphatic hydroxyl groups is 1.